The van der Waals surface area contributed by atoms with Gasteiger partial charge in [-0.1, -0.05) is 17.6 Å². The number of rotatable bonds is 6. The van der Waals surface area contributed by atoms with Crippen molar-refractivity contribution in [2.75, 3.05) is 33.4 Å². The highest BCUT2D eigenvalue weighted by molar-refractivity contribution is 5.84. The second-order valence-electron chi connectivity index (χ2n) is 4.87. The molecule has 1 saturated heterocycles. The van der Waals surface area contributed by atoms with Crippen LogP contribution in [0.2, 0.25) is 0 Å². The van der Waals surface area contributed by atoms with Crippen LogP contribution in [-0.4, -0.2) is 49.7 Å². The molecule has 0 radical (unpaired) electrons. The van der Waals surface area contributed by atoms with Crippen LogP contribution < -0.4 is 9.47 Å². The van der Waals surface area contributed by atoms with Crippen LogP contribution in [0.4, 0.5) is 0 Å². The Kier molecular flexibility index (Phi) is 5.68. The van der Waals surface area contributed by atoms with Gasteiger partial charge in [0, 0.05) is 12.1 Å². The summed E-state index contributed by atoms with van der Waals surface area (Å²) in [6.07, 6.45) is 5.24. The average molecular weight is 278 g/mol. The van der Waals surface area contributed by atoms with Crippen molar-refractivity contribution < 1.29 is 14.7 Å². The Morgan fingerprint density at radius 3 is 2.80 bits per heavy atom. The number of hydrogen-bond donors (Lipinski definition) is 1. The molecule has 0 amide bonds. The average Bonchev–Trinajstić information content (AvgIpc) is 2.50. The number of benzene rings is 1. The van der Waals surface area contributed by atoms with Gasteiger partial charge in [-0.15, -0.1) is 0 Å². The Morgan fingerprint density at radius 1 is 1.30 bits per heavy atom. The van der Waals surface area contributed by atoms with Crippen molar-refractivity contribution >= 4 is 6.21 Å². The lowest BCUT2D eigenvalue weighted by Gasteiger charge is -2.26. The number of likely N-dealkylation sites (tertiary alicyclic amines) is 1. The van der Waals surface area contributed by atoms with Gasteiger partial charge in [0.1, 0.15) is 6.61 Å². The highest BCUT2D eigenvalue weighted by atomic mass is 16.5. The molecule has 0 saturated carbocycles. The van der Waals surface area contributed by atoms with Crippen LogP contribution in [0.25, 0.3) is 0 Å². The molecule has 0 aromatic heterocycles. The fourth-order valence-electron chi connectivity index (χ4n) is 2.47. The van der Waals surface area contributed by atoms with E-state index in [1.165, 1.54) is 25.5 Å². The van der Waals surface area contributed by atoms with Gasteiger partial charge in [-0.3, -0.25) is 4.90 Å². The molecule has 0 spiro atoms. The molecule has 2 rings (SSSR count). The second kappa shape index (κ2) is 7.75. The number of ether oxygens (including phenoxy) is 2. The maximum atomic E-state index is 8.70. The molecule has 1 fully saturated rings. The van der Waals surface area contributed by atoms with E-state index in [-0.39, 0.29) is 0 Å². The van der Waals surface area contributed by atoms with E-state index in [1.54, 1.807) is 7.11 Å². The van der Waals surface area contributed by atoms with Gasteiger partial charge in [-0.2, -0.15) is 0 Å². The topological polar surface area (TPSA) is 54.3 Å². The van der Waals surface area contributed by atoms with Crippen molar-refractivity contribution in [1.29, 1.82) is 0 Å². The number of methoxy groups -OCH3 is 1. The molecule has 0 unspecified atom stereocenters. The van der Waals surface area contributed by atoms with Crippen LogP contribution >= 0.6 is 0 Å². The summed E-state index contributed by atoms with van der Waals surface area (Å²) < 4.78 is 11.1. The normalized spacial score (nSPS) is 16.4. The number of nitrogens with zero attached hydrogens (tertiary/aromatic N) is 2. The minimum atomic E-state index is 0.604. The first-order valence-corrected chi connectivity index (χ1v) is 7.04. The lowest BCUT2D eigenvalue weighted by atomic mass is 10.1. The predicted molar refractivity (Wildman–Crippen MR) is 78.2 cm³/mol. The van der Waals surface area contributed by atoms with Gasteiger partial charge in [0.05, 0.1) is 13.3 Å². The Morgan fingerprint density at radius 2 is 2.10 bits per heavy atom. The summed E-state index contributed by atoms with van der Waals surface area (Å²) in [7, 11) is 1.60. The molecule has 1 aliphatic rings. The van der Waals surface area contributed by atoms with Gasteiger partial charge in [0.15, 0.2) is 11.5 Å². The van der Waals surface area contributed by atoms with Crippen LogP contribution in [0.5, 0.6) is 11.5 Å². The van der Waals surface area contributed by atoms with Gasteiger partial charge in [0.2, 0.25) is 0 Å². The molecule has 0 bridgehead atoms. The molecule has 1 aromatic rings. The third-order valence-corrected chi connectivity index (χ3v) is 3.53. The van der Waals surface area contributed by atoms with E-state index < -0.39 is 0 Å². The van der Waals surface area contributed by atoms with Crippen LogP contribution in [0.15, 0.2) is 23.4 Å². The summed E-state index contributed by atoms with van der Waals surface area (Å²) in [4.78, 5) is 2.42. The maximum absolute atomic E-state index is 8.70. The quantitative estimate of drug-likeness (QED) is 0.493. The first-order chi connectivity index (χ1) is 9.85. The van der Waals surface area contributed by atoms with E-state index in [4.69, 9.17) is 14.7 Å². The number of piperidine rings is 1. The monoisotopic (exact) mass is 278 g/mol. The molecule has 0 atom stereocenters. The highest BCUT2D eigenvalue weighted by Crippen LogP contribution is 2.30. The molecule has 1 aromatic carbocycles. The Balaban J connectivity index is 1.96. The van der Waals surface area contributed by atoms with E-state index in [9.17, 15) is 0 Å². The third kappa shape index (κ3) is 3.87. The molecule has 1 N–H and O–H groups in total. The second-order valence-corrected chi connectivity index (χ2v) is 4.87. The van der Waals surface area contributed by atoms with Gasteiger partial charge >= 0.3 is 0 Å². The summed E-state index contributed by atoms with van der Waals surface area (Å²) in [5.41, 5.74) is 0.713. The molecule has 5 heteroatoms. The van der Waals surface area contributed by atoms with Crippen molar-refractivity contribution in [3.63, 3.8) is 0 Å². The van der Waals surface area contributed by atoms with E-state index >= 15 is 0 Å². The minimum absolute atomic E-state index is 0.604. The largest absolute Gasteiger partial charge is 0.493 e. The van der Waals surface area contributed by atoms with Crippen LogP contribution in [0.3, 0.4) is 0 Å². The Hall–Kier alpha value is -1.75. The van der Waals surface area contributed by atoms with E-state index in [2.05, 4.69) is 10.1 Å². The van der Waals surface area contributed by atoms with Crippen molar-refractivity contribution in [3.05, 3.63) is 23.8 Å². The van der Waals surface area contributed by atoms with Crippen LogP contribution in [0, 0.1) is 0 Å². The Labute approximate surface area is 119 Å². The molecular formula is C15H22N2O3. The Bertz CT molecular complexity index is 443. The van der Waals surface area contributed by atoms with Gasteiger partial charge < -0.3 is 14.7 Å². The van der Waals surface area contributed by atoms with Crippen molar-refractivity contribution in [2.24, 2.45) is 5.16 Å². The molecule has 5 nitrogen and oxygen atoms in total. The molecule has 1 heterocycles. The van der Waals surface area contributed by atoms with Crippen molar-refractivity contribution in [1.82, 2.24) is 4.90 Å². The minimum Gasteiger partial charge on any atom is -0.493 e. The molecule has 110 valence electrons. The van der Waals surface area contributed by atoms with Crippen LogP contribution in [-0.2, 0) is 0 Å². The lowest BCUT2D eigenvalue weighted by molar-refractivity contribution is 0.180. The lowest BCUT2D eigenvalue weighted by Crippen LogP contribution is -2.33. The van der Waals surface area contributed by atoms with E-state index in [0.717, 1.165) is 19.6 Å². The summed E-state index contributed by atoms with van der Waals surface area (Å²) in [5, 5.41) is 11.8. The standard InChI is InChI=1S/C15H22N2O3/c1-19-14-7-5-6-13(12-16-18)15(14)20-11-10-17-8-3-2-4-9-17/h5-7,12,18H,2-4,8-11H2,1H3. The fraction of sp³-hybridized carbons (Fsp3) is 0.533. The zero-order valence-electron chi connectivity index (χ0n) is 11.9. The molecule has 0 aliphatic carbocycles. The first-order valence-electron chi connectivity index (χ1n) is 7.04. The summed E-state index contributed by atoms with van der Waals surface area (Å²) in [5.74, 6) is 1.28. The first kappa shape index (κ1) is 14.7. The zero-order valence-corrected chi connectivity index (χ0v) is 11.9. The molecule has 1 aliphatic heterocycles. The van der Waals surface area contributed by atoms with Crippen molar-refractivity contribution in [2.45, 2.75) is 19.3 Å². The summed E-state index contributed by atoms with van der Waals surface area (Å²) >= 11 is 0. The van der Waals surface area contributed by atoms with E-state index in [0.29, 0.717) is 23.7 Å². The van der Waals surface area contributed by atoms with Crippen LogP contribution in [0.1, 0.15) is 24.8 Å². The van der Waals surface area contributed by atoms with Crippen molar-refractivity contribution in [3.8, 4) is 11.5 Å². The van der Waals surface area contributed by atoms with Gasteiger partial charge in [-0.05, 0) is 38.1 Å². The highest BCUT2D eigenvalue weighted by Gasteiger charge is 2.12. The smallest absolute Gasteiger partial charge is 0.170 e. The SMILES string of the molecule is COc1cccc(C=NO)c1OCCN1CCCCC1. The zero-order chi connectivity index (χ0) is 14.2. The number of oxime groups is 1. The summed E-state index contributed by atoms with van der Waals surface area (Å²) in [6.45, 7) is 3.82. The molecular weight excluding hydrogens is 256 g/mol. The number of para-hydroxylation sites is 1. The number of hydrogen-bond acceptors (Lipinski definition) is 5. The van der Waals surface area contributed by atoms with E-state index in [1.807, 2.05) is 18.2 Å². The fourth-order valence-corrected chi connectivity index (χ4v) is 2.47. The third-order valence-electron chi connectivity index (χ3n) is 3.53. The van der Waals surface area contributed by atoms with Gasteiger partial charge in [-0.25, -0.2) is 0 Å². The molecule has 20 heavy (non-hydrogen) atoms. The maximum Gasteiger partial charge on any atom is 0.170 e. The summed E-state index contributed by atoms with van der Waals surface area (Å²) in [6, 6.07) is 5.51. The predicted octanol–water partition coefficient (Wildman–Crippen LogP) is 2.37. The van der Waals surface area contributed by atoms with Gasteiger partial charge in [0.25, 0.3) is 0 Å².